The first-order valence-corrected chi connectivity index (χ1v) is 13.3. The molecule has 1 saturated heterocycles. The molecular weight excluding hydrogens is 534 g/mol. The van der Waals surface area contributed by atoms with Crippen molar-refractivity contribution in [3.05, 3.63) is 35.3 Å². The lowest BCUT2D eigenvalue weighted by Crippen LogP contribution is -2.81. The van der Waals surface area contributed by atoms with Crippen LogP contribution in [0.25, 0.3) is 0 Å². The van der Waals surface area contributed by atoms with Crippen LogP contribution in [0, 0.1) is 0 Å². The van der Waals surface area contributed by atoms with E-state index in [2.05, 4.69) is 5.32 Å². The monoisotopic (exact) mass is 565 g/mol. The Bertz CT molecular complexity index is 1180. The zero-order valence-electron chi connectivity index (χ0n) is 21.8. The molecule has 0 aliphatic carbocycles. The number of β-lactam (4-membered cyclic amide) rings is 1. The lowest BCUT2D eigenvalue weighted by atomic mass is 9.97. The fourth-order valence-corrected chi connectivity index (χ4v) is 5.96. The number of aliphatic carboxylic acids is 1. The first kappa shape index (κ1) is 29.9. The predicted octanol–water partition coefficient (Wildman–Crippen LogP) is 1.24. The second-order valence-electron chi connectivity index (χ2n) is 8.83. The summed E-state index contributed by atoms with van der Waals surface area (Å²) in [5.74, 6) is -3.62. The molecule has 13 nitrogen and oxygen atoms in total. The third-order valence-corrected chi connectivity index (χ3v) is 7.75. The highest BCUT2D eigenvalue weighted by Gasteiger charge is 2.67. The minimum atomic E-state index is -1.85. The zero-order valence-corrected chi connectivity index (χ0v) is 22.7. The average Bonchev–Trinajstić information content (AvgIpc) is 3.38. The molecule has 0 radical (unpaired) electrons. The van der Waals surface area contributed by atoms with Crippen molar-refractivity contribution in [1.82, 2.24) is 14.8 Å². The van der Waals surface area contributed by atoms with Crippen LogP contribution in [-0.4, -0.2) is 87.8 Å². The van der Waals surface area contributed by atoms with E-state index in [1.54, 1.807) is 25.3 Å². The molecule has 2 aliphatic heterocycles. The van der Waals surface area contributed by atoms with Crippen molar-refractivity contribution in [3.63, 3.8) is 0 Å². The molecule has 2 amide bonds. The number of carboxylic acids is 1. The fraction of sp³-hybridized carbons (Fsp3) is 0.520. The van der Waals surface area contributed by atoms with E-state index < -0.39 is 40.9 Å². The molecule has 1 fully saturated rings. The van der Waals surface area contributed by atoms with Crippen molar-refractivity contribution < 1.29 is 48.1 Å². The number of ether oxygens (including phenoxy) is 3. The number of hydrogen-bond acceptors (Lipinski definition) is 10. The van der Waals surface area contributed by atoms with Crippen molar-refractivity contribution in [2.24, 2.45) is 0 Å². The Morgan fingerprint density at radius 3 is 2.64 bits per heavy atom. The summed E-state index contributed by atoms with van der Waals surface area (Å²) in [6.45, 7) is 2.88. The number of carbonyl (C=O) groups is 6. The number of unbranched alkanes of at least 4 members (excludes halogenated alkanes) is 1. The highest BCUT2D eigenvalue weighted by molar-refractivity contribution is 8.00. The van der Waals surface area contributed by atoms with Crippen LogP contribution in [0.3, 0.4) is 0 Å². The first-order valence-electron chi connectivity index (χ1n) is 12.3. The Kier molecular flexibility index (Phi) is 9.92. The van der Waals surface area contributed by atoms with Gasteiger partial charge in [-0.3, -0.25) is 28.9 Å². The van der Waals surface area contributed by atoms with Gasteiger partial charge in [-0.25, -0.2) is 4.79 Å². The Labute approximate surface area is 228 Å². The third kappa shape index (κ3) is 6.17. The fourth-order valence-electron chi connectivity index (χ4n) is 4.54. The number of carbonyl (C=O) groups excluding carboxylic acids is 5. The van der Waals surface area contributed by atoms with Crippen LogP contribution < -0.4 is 5.32 Å². The van der Waals surface area contributed by atoms with Crippen LogP contribution in [0.4, 0.5) is 0 Å². The average molecular weight is 566 g/mol. The lowest BCUT2D eigenvalue weighted by molar-refractivity contribution is -0.193. The number of aldehydes is 1. The molecule has 0 saturated carbocycles. The molecule has 0 spiro atoms. The standard InChI is InChI=1S/C25H31N3O10S/c1-4-37-19(31)10-6-5-9-18(27-11-7-8-17(27)12-29)21(32)26-25(36-3)23(35)28-20(22(33)34)16(13-38-15(2)30)14-39-24(25)28/h7-8,11-12,18,24H,4-6,9-10,13-14H2,1-3H3,(H,26,32)(H,33,34). The van der Waals surface area contributed by atoms with Gasteiger partial charge >= 0.3 is 17.9 Å². The van der Waals surface area contributed by atoms with E-state index in [0.717, 1.165) is 16.7 Å². The molecule has 3 atom stereocenters. The summed E-state index contributed by atoms with van der Waals surface area (Å²) in [6.07, 6.45) is 3.46. The number of carboxylic acid groups (broad SMARTS) is 1. The first-order chi connectivity index (χ1) is 18.6. The number of fused-ring (bicyclic) bond motifs is 1. The van der Waals surface area contributed by atoms with E-state index in [1.165, 1.54) is 18.6 Å². The van der Waals surface area contributed by atoms with Gasteiger partial charge < -0.3 is 29.2 Å². The van der Waals surface area contributed by atoms with Gasteiger partial charge in [-0.1, -0.05) is 6.42 Å². The van der Waals surface area contributed by atoms with Crippen LogP contribution in [0.2, 0.25) is 0 Å². The quantitative estimate of drug-likeness (QED) is 0.109. The van der Waals surface area contributed by atoms with E-state index in [1.807, 2.05) is 0 Å². The number of methoxy groups -OCH3 is 1. The van der Waals surface area contributed by atoms with Crippen LogP contribution in [0.15, 0.2) is 29.6 Å². The lowest BCUT2D eigenvalue weighted by Gasteiger charge is -2.56. The Hall–Kier alpha value is -3.65. The van der Waals surface area contributed by atoms with E-state index >= 15 is 0 Å². The van der Waals surface area contributed by atoms with Crippen LogP contribution in [-0.2, 0) is 38.2 Å². The maximum Gasteiger partial charge on any atom is 0.352 e. The van der Waals surface area contributed by atoms with Gasteiger partial charge in [0.05, 0.1) is 12.3 Å². The smallest absolute Gasteiger partial charge is 0.352 e. The van der Waals surface area contributed by atoms with Gasteiger partial charge in [0.1, 0.15) is 23.7 Å². The molecule has 3 unspecified atom stereocenters. The van der Waals surface area contributed by atoms with Crippen molar-refractivity contribution in [3.8, 4) is 0 Å². The topological polar surface area (TPSA) is 171 Å². The van der Waals surface area contributed by atoms with Crippen LogP contribution in [0.5, 0.6) is 0 Å². The number of rotatable bonds is 14. The van der Waals surface area contributed by atoms with Crippen molar-refractivity contribution in [2.75, 3.05) is 26.1 Å². The Balaban J connectivity index is 1.82. The normalized spacial score (nSPS) is 20.9. The van der Waals surface area contributed by atoms with E-state index in [9.17, 15) is 33.9 Å². The van der Waals surface area contributed by atoms with Gasteiger partial charge in [0.25, 0.3) is 11.6 Å². The van der Waals surface area contributed by atoms with Gasteiger partial charge in [-0.15, -0.1) is 11.8 Å². The zero-order chi connectivity index (χ0) is 28.7. The molecule has 0 aromatic carbocycles. The highest BCUT2D eigenvalue weighted by Crippen LogP contribution is 2.47. The van der Waals surface area contributed by atoms with Gasteiger partial charge in [0.2, 0.25) is 5.91 Å². The summed E-state index contributed by atoms with van der Waals surface area (Å²) in [4.78, 5) is 74.5. The SMILES string of the molecule is CCOC(=O)CCCCC(C(=O)NC1(OC)C(=O)N2C(C(=O)O)=C(COC(C)=O)CSC21)n1cccc1C=O. The summed E-state index contributed by atoms with van der Waals surface area (Å²) in [5, 5.41) is 11.6. The van der Waals surface area contributed by atoms with Crippen molar-refractivity contribution in [1.29, 1.82) is 0 Å². The molecule has 3 heterocycles. The molecule has 1 aromatic heterocycles. The second kappa shape index (κ2) is 12.9. The number of nitrogens with zero attached hydrogens (tertiary/aromatic N) is 2. The molecule has 2 aliphatic rings. The van der Waals surface area contributed by atoms with E-state index in [0.29, 0.717) is 19.1 Å². The van der Waals surface area contributed by atoms with Gasteiger partial charge in [0.15, 0.2) is 6.29 Å². The number of aromatic nitrogens is 1. The van der Waals surface area contributed by atoms with E-state index in [4.69, 9.17) is 14.2 Å². The maximum atomic E-state index is 13.6. The second-order valence-corrected chi connectivity index (χ2v) is 9.90. The van der Waals surface area contributed by atoms with Gasteiger partial charge in [-0.05, 0) is 31.9 Å². The summed E-state index contributed by atoms with van der Waals surface area (Å²) >= 11 is 1.16. The number of nitrogens with one attached hydrogen (secondary N) is 1. The minimum absolute atomic E-state index is 0.120. The molecule has 14 heteroatoms. The predicted molar refractivity (Wildman–Crippen MR) is 136 cm³/mol. The molecule has 3 rings (SSSR count). The largest absolute Gasteiger partial charge is 0.477 e. The van der Waals surface area contributed by atoms with Crippen LogP contribution in [0.1, 0.15) is 56.1 Å². The molecule has 1 aromatic rings. The van der Waals surface area contributed by atoms with Crippen molar-refractivity contribution >= 4 is 47.8 Å². The Morgan fingerprint density at radius 1 is 1.28 bits per heavy atom. The molecular formula is C25H31N3O10S. The van der Waals surface area contributed by atoms with E-state index in [-0.39, 0.29) is 54.7 Å². The third-order valence-electron chi connectivity index (χ3n) is 6.38. The van der Waals surface area contributed by atoms with Crippen LogP contribution >= 0.6 is 11.8 Å². The Morgan fingerprint density at radius 2 is 2.03 bits per heavy atom. The van der Waals surface area contributed by atoms with Crippen molar-refractivity contribution in [2.45, 2.75) is 56.7 Å². The number of amides is 2. The molecule has 39 heavy (non-hydrogen) atoms. The summed E-state index contributed by atoms with van der Waals surface area (Å²) < 4.78 is 16.9. The van der Waals surface area contributed by atoms with Gasteiger partial charge in [-0.2, -0.15) is 0 Å². The number of esters is 2. The van der Waals surface area contributed by atoms with Gasteiger partial charge in [0, 0.05) is 38.0 Å². The highest BCUT2D eigenvalue weighted by atomic mass is 32.2. The molecule has 2 N–H and O–H groups in total. The summed E-state index contributed by atoms with van der Waals surface area (Å²) in [7, 11) is 1.23. The number of hydrogen-bond donors (Lipinski definition) is 2. The number of thioether (sulfide) groups is 1. The maximum absolute atomic E-state index is 13.6. The molecule has 212 valence electrons. The minimum Gasteiger partial charge on any atom is -0.477 e. The summed E-state index contributed by atoms with van der Waals surface area (Å²) in [6, 6.07) is 2.23. The molecule has 0 bridgehead atoms. The summed E-state index contributed by atoms with van der Waals surface area (Å²) in [5.41, 5.74) is -1.69.